The van der Waals surface area contributed by atoms with E-state index < -0.39 is 17.0 Å². The highest BCUT2D eigenvalue weighted by Gasteiger charge is 2.20. The highest BCUT2D eigenvalue weighted by atomic mass is 35.5. The number of methoxy groups -OCH3 is 1. The van der Waals surface area contributed by atoms with Gasteiger partial charge in [0.2, 0.25) is 5.78 Å². The number of hydrogen-bond donors (Lipinski definition) is 0. The lowest BCUT2D eigenvalue weighted by Crippen LogP contribution is -2.39. The number of nitrogens with zero attached hydrogens (tertiary/aromatic N) is 2. The van der Waals surface area contributed by atoms with Crippen LogP contribution in [0.3, 0.4) is 0 Å². The van der Waals surface area contributed by atoms with Crippen molar-refractivity contribution in [1.29, 1.82) is 0 Å². The Morgan fingerprint density at radius 3 is 2.48 bits per heavy atom. The second kappa shape index (κ2) is 5.57. The monoisotopic (exact) mass is 308 g/mol. The molecule has 1 heterocycles. The molecule has 0 unspecified atom stereocenters. The van der Waals surface area contributed by atoms with Gasteiger partial charge in [-0.1, -0.05) is 11.6 Å². The van der Waals surface area contributed by atoms with Crippen molar-refractivity contribution in [3.63, 3.8) is 0 Å². The smallest absolute Gasteiger partial charge is 0.330 e. The molecule has 0 bridgehead atoms. The topological polar surface area (TPSA) is 70.3 Å². The Morgan fingerprint density at radius 2 is 1.86 bits per heavy atom. The Balaban J connectivity index is 2.69. The van der Waals surface area contributed by atoms with E-state index in [1.165, 1.54) is 38.0 Å². The van der Waals surface area contributed by atoms with Gasteiger partial charge in [-0.25, -0.2) is 4.79 Å². The molecule has 0 amide bonds. The summed E-state index contributed by atoms with van der Waals surface area (Å²) in [5, 5.41) is 0.348. The lowest BCUT2D eigenvalue weighted by Gasteiger charge is -2.09. The minimum Gasteiger partial charge on any atom is -0.496 e. The summed E-state index contributed by atoms with van der Waals surface area (Å²) in [5.41, 5.74) is -1.12. The van der Waals surface area contributed by atoms with Crippen LogP contribution in [0, 0.1) is 0 Å². The first kappa shape index (κ1) is 15.1. The molecule has 0 saturated carbocycles. The number of ketones is 1. The van der Waals surface area contributed by atoms with Crippen molar-refractivity contribution < 1.29 is 9.53 Å². The molecule has 0 N–H and O–H groups in total. The number of aryl methyl sites for hydroxylation is 1. The lowest BCUT2D eigenvalue weighted by molar-refractivity contribution is 0.103. The van der Waals surface area contributed by atoms with Crippen LogP contribution < -0.4 is 16.0 Å². The van der Waals surface area contributed by atoms with E-state index in [0.29, 0.717) is 10.8 Å². The zero-order valence-corrected chi connectivity index (χ0v) is 12.5. The molecule has 0 saturated heterocycles. The van der Waals surface area contributed by atoms with E-state index in [1.807, 2.05) is 0 Å². The molecule has 2 aromatic rings. The van der Waals surface area contributed by atoms with Crippen molar-refractivity contribution in [3.8, 4) is 5.75 Å². The lowest BCUT2D eigenvalue weighted by atomic mass is 10.0. The predicted molar refractivity (Wildman–Crippen MR) is 78.4 cm³/mol. The van der Waals surface area contributed by atoms with Crippen LogP contribution in [0.4, 0.5) is 0 Å². The van der Waals surface area contributed by atoms with Crippen molar-refractivity contribution in [2.24, 2.45) is 14.1 Å². The molecule has 6 nitrogen and oxygen atoms in total. The number of carbonyl (C=O) groups is 1. The molecule has 0 aliphatic rings. The van der Waals surface area contributed by atoms with Crippen molar-refractivity contribution in [1.82, 2.24) is 9.13 Å². The van der Waals surface area contributed by atoms with Gasteiger partial charge in [0.25, 0.3) is 5.56 Å². The molecular weight excluding hydrogens is 296 g/mol. The predicted octanol–water partition coefficient (Wildman–Crippen LogP) is 0.977. The Kier molecular flexibility index (Phi) is 3.99. The molecule has 7 heteroatoms. The third-order valence-corrected chi connectivity index (χ3v) is 3.33. The SMILES string of the molecule is COc1ccc(Cl)cc1C(=O)c1cn(C)c(=O)n(C)c1=O. The number of aromatic nitrogens is 2. The standard InChI is InChI=1S/C14H13ClN2O4/c1-16-7-10(13(19)17(2)14(16)20)12(18)9-6-8(15)4-5-11(9)21-3/h4-7H,1-3H3. The van der Waals surface area contributed by atoms with Crippen molar-refractivity contribution in [3.05, 3.63) is 61.4 Å². The van der Waals surface area contributed by atoms with Gasteiger partial charge >= 0.3 is 5.69 Å². The van der Waals surface area contributed by atoms with Gasteiger partial charge in [-0.3, -0.25) is 14.2 Å². The van der Waals surface area contributed by atoms with Gasteiger partial charge in [-0.05, 0) is 18.2 Å². The van der Waals surface area contributed by atoms with Gasteiger partial charge in [-0.15, -0.1) is 0 Å². The molecule has 0 atom stereocenters. The van der Waals surface area contributed by atoms with E-state index in [2.05, 4.69) is 0 Å². The summed E-state index contributed by atoms with van der Waals surface area (Å²) in [6, 6.07) is 4.55. The van der Waals surface area contributed by atoms with Crippen LogP contribution in [0.25, 0.3) is 0 Å². The van der Waals surface area contributed by atoms with Gasteiger partial charge < -0.3 is 9.30 Å². The Labute approximate surface area is 125 Å². The summed E-state index contributed by atoms with van der Waals surface area (Å²) in [6.45, 7) is 0. The highest BCUT2D eigenvalue weighted by molar-refractivity contribution is 6.31. The second-order valence-electron chi connectivity index (χ2n) is 4.47. The fraction of sp³-hybridized carbons (Fsp3) is 0.214. The molecule has 0 fully saturated rings. The number of hydrogen-bond acceptors (Lipinski definition) is 4. The summed E-state index contributed by atoms with van der Waals surface area (Å²) in [5.74, 6) is -0.245. The minimum absolute atomic E-state index is 0.125. The minimum atomic E-state index is -0.662. The molecular formula is C14H13ClN2O4. The number of ether oxygens (including phenoxy) is 1. The fourth-order valence-electron chi connectivity index (χ4n) is 1.97. The normalized spacial score (nSPS) is 10.5. The van der Waals surface area contributed by atoms with Crippen molar-refractivity contribution in [2.75, 3.05) is 7.11 Å². The number of rotatable bonds is 3. The van der Waals surface area contributed by atoms with E-state index in [0.717, 1.165) is 4.57 Å². The van der Waals surface area contributed by atoms with E-state index in [-0.39, 0.29) is 11.1 Å². The molecule has 0 radical (unpaired) electrons. The molecule has 1 aromatic carbocycles. The molecule has 21 heavy (non-hydrogen) atoms. The fourth-order valence-corrected chi connectivity index (χ4v) is 2.14. The van der Waals surface area contributed by atoms with E-state index in [1.54, 1.807) is 12.1 Å². The average molecular weight is 309 g/mol. The summed E-state index contributed by atoms with van der Waals surface area (Å²) >= 11 is 5.89. The summed E-state index contributed by atoms with van der Waals surface area (Å²) in [4.78, 5) is 36.3. The van der Waals surface area contributed by atoms with Crippen LogP contribution in [0.1, 0.15) is 15.9 Å². The van der Waals surface area contributed by atoms with Gasteiger partial charge in [0.1, 0.15) is 11.3 Å². The van der Waals surface area contributed by atoms with Crippen LogP contribution in [-0.4, -0.2) is 22.0 Å². The molecule has 2 rings (SSSR count). The summed E-state index contributed by atoms with van der Waals surface area (Å²) in [6.07, 6.45) is 1.22. The highest BCUT2D eigenvalue weighted by Crippen LogP contribution is 2.24. The maximum atomic E-state index is 12.5. The van der Waals surface area contributed by atoms with E-state index in [9.17, 15) is 14.4 Å². The van der Waals surface area contributed by atoms with E-state index >= 15 is 0 Å². The zero-order valence-electron chi connectivity index (χ0n) is 11.7. The van der Waals surface area contributed by atoms with Crippen molar-refractivity contribution in [2.45, 2.75) is 0 Å². The largest absolute Gasteiger partial charge is 0.496 e. The van der Waals surface area contributed by atoms with Crippen molar-refractivity contribution >= 4 is 17.4 Å². The Hall–Kier alpha value is -2.34. The number of halogens is 1. The molecule has 1 aromatic heterocycles. The third-order valence-electron chi connectivity index (χ3n) is 3.10. The molecule has 0 spiro atoms. The number of carbonyl (C=O) groups excluding carboxylic acids is 1. The van der Waals surface area contributed by atoms with Gasteiger partial charge in [-0.2, -0.15) is 0 Å². The maximum absolute atomic E-state index is 12.5. The quantitative estimate of drug-likeness (QED) is 0.793. The van der Waals surface area contributed by atoms with Gasteiger partial charge in [0.05, 0.1) is 12.7 Å². The maximum Gasteiger partial charge on any atom is 0.330 e. The second-order valence-corrected chi connectivity index (χ2v) is 4.91. The number of benzene rings is 1. The Morgan fingerprint density at radius 1 is 1.19 bits per heavy atom. The van der Waals surface area contributed by atoms with Crippen LogP contribution in [-0.2, 0) is 14.1 Å². The summed E-state index contributed by atoms with van der Waals surface area (Å²) in [7, 11) is 4.20. The molecule has 110 valence electrons. The third kappa shape index (κ3) is 2.62. The van der Waals surface area contributed by atoms with Crippen LogP contribution in [0.2, 0.25) is 5.02 Å². The van der Waals surface area contributed by atoms with Crippen LogP contribution in [0.15, 0.2) is 34.0 Å². The van der Waals surface area contributed by atoms with Gasteiger partial charge in [0.15, 0.2) is 0 Å². The first-order valence-electron chi connectivity index (χ1n) is 6.01. The van der Waals surface area contributed by atoms with Crippen LogP contribution in [0.5, 0.6) is 5.75 Å². The van der Waals surface area contributed by atoms with Gasteiger partial charge in [0, 0.05) is 25.3 Å². The first-order valence-corrected chi connectivity index (χ1v) is 6.39. The molecule has 0 aliphatic carbocycles. The van der Waals surface area contributed by atoms with E-state index in [4.69, 9.17) is 16.3 Å². The molecule has 0 aliphatic heterocycles. The Bertz CT molecular complexity index is 836. The van der Waals surface area contributed by atoms with Crippen LogP contribution >= 0.6 is 11.6 Å². The average Bonchev–Trinajstić information content (AvgIpc) is 2.48. The summed E-state index contributed by atoms with van der Waals surface area (Å²) < 4.78 is 7.16. The first-order chi connectivity index (χ1) is 9.86. The zero-order chi connectivity index (χ0) is 15.7.